The topological polar surface area (TPSA) is 124 Å². The van der Waals surface area contributed by atoms with Gasteiger partial charge in [0.25, 0.3) is 0 Å². The van der Waals surface area contributed by atoms with E-state index in [0.717, 1.165) is 11.3 Å². The number of carboxylic acid groups (broad SMARTS) is 1. The predicted molar refractivity (Wildman–Crippen MR) is 100 cm³/mol. The van der Waals surface area contributed by atoms with E-state index in [-0.39, 0.29) is 6.61 Å². The van der Waals surface area contributed by atoms with Crippen LogP contribution in [0.1, 0.15) is 20.8 Å². The fourth-order valence-electron chi connectivity index (χ4n) is 2.17. The summed E-state index contributed by atoms with van der Waals surface area (Å²) in [5.74, 6) is -0.934. The number of nitrogen functional groups attached to an aromatic ring is 1. The van der Waals surface area contributed by atoms with E-state index in [0.29, 0.717) is 11.4 Å². The van der Waals surface area contributed by atoms with Crippen LogP contribution in [0.15, 0.2) is 42.6 Å². The van der Waals surface area contributed by atoms with E-state index in [1.54, 1.807) is 45.2 Å². The molecule has 4 N–H and O–H groups in total. The fraction of sp³-hybridized carbons (Fsp3) is 0.316. The molecule has 1 aromatic heterocycles. The molecule has 0 aliphatic carbocycles. The van der Waals surface area contributed by atoms with Crippen LogP contribution in [0.3, 0.4) is 0 Å². The molecule has 144 valence electrons. The van der Waals surface area contributed by atoms with Gasteiger partial charge in [-0.2, -0.15) is 0 Å². The fourth-order valence-corrected chi connectivity index (χ4v) is 2.17. The molecule has 0 spiro atoms. The molecule has 0 saturated carbocycles. The van der Waals surface area contributed by atoms with Gasteiger partial charge in [-0.15, -0.1) is 0 Å². The van der Waals surface area contributed by atoms with Gasteiger partial charge in [0.2, 0.25) is 0 Å². The molecular formula is C19H23N3O5. The summed E-state index contributed by atoms with van der Waals surface area (Å²) in [7, 11) is 0. The molecule has 1 aromatic carbocycles. The van der Waals surface area contributed by atoms with Crippen molar-refractivity contribution in [3.63, 3.8) is 0 Å². The van der Waals surface area contributed by atoms with Crippen molar-refractivity contribution in [3.8, 4) is 17.0 Å². The van der Waals surface area contributed by atoms with Crippen LogP contribution in [0.2, 0.25) is 0 Å². The Morgan fingerprint density at radius 3 is 2.56 bits per heavy atom. The molecule has 0 bridgehead atoms. The number of ether oxygens (including phenoxy) is 2. The number of benzene rings is 1. The van der Waals surface area contributed by atoms with E-state index in [4.69, 9.17) is 15.2 Å². The minimum absolute atomic E-state index is 0.304. The van der Waals surface area contributed by atoms with Crippen molar-refractivity contribution in [1.29, 1.82) is 0 Å². The van der Waals surface area contributed by atoms with E-state index in [9.17, 15) is 14.7 Å². The number of rotatable bonds is 6. The number of alkyl carbamates (subject to hydrolysis) is 1. The van der Waals surface area contributed by atoms with Crippen LogP contribution in [0.4, 0.5) is 10.5 Å². The van der Waals surface area contributed by atoms with Gasteiger partial charge in [-0.3, -0.25) is 4.98 Å². The van der Waals surface area contributed by atoms with Crippen LogP contribution in [0.5, 0.6) is 5.75 Å². The molecule has 1 heterocycles. The second kappa shape index (κ2) is 8.39. The molecular weight excluding hydrogens is 350 g/mol. The number of nitrogens with zero attached hydrogens (tertiary/aromatic N) is 1. The maximum atomic E-state index is 11.8. The Kier molecular flexibility index (Phi) is 6.23. The summed E-state index contributed by atoms with van der Waals surface area (Å²) in [6.45, 7) is 4.75. The van der Waals surface area contributed by atoms with Crippen LogP contribution in [-0.4, -0.2) is 40.4 Å². The zero-order valence-electron chi connectivity index (χ0n) is 15.4. The Hall–Kier alpha value is -3.29. The van der Waals surface area contributed by atoms with Crippen molar-refractivity contribution in [2.24, 2.45) is 0 Å². The SMILES string of the molecule is CC(C)(C)OC(=O)NC(COc1ccc(-c2ccccn2)cc1N)C(=O)O. The van der Waals surface area contributed by atoms with Crippen LogP contribution in [0.25, 0.3) is 11.3 Å². The predicted octanol–water partition coefficient (Wildman–Crippen LogP) is 2.69. The number of nitrogens with two attached hydrogens (primary N) is 1. The Bertz CT molecular complexity index is 803. The Balaban J connectivity index is 2.02. The third-order valence-electron chi connectivity index (χ3n) is 3.37. The Morgan fingerprint density at radius 2 is 2.00 bits per heavy atom. The molecule has 1 atom stereocenters. The number of aliphatic carboxylic acids is 1. The van der Waals surface area contributed by atoms with Crippen molar-refractivity contribution in [2.75, 3.05) is 12.3 Å². The van der Waals surface area contributed by atoms with Gasteiger partial charge in [0, 0.05) is 11.8 Å². The zero-order chi connectivity index (χ0) is 20.0. The van der Waals surface area contributed by atoms with E-state index >= 15 is 0 Å². The number of anilines is 1. The average molecular weight is 373 g/mol. The van der Waals surface area contributed by atoms with Crippen LogP contribution in [-0.2, 0) is 9.53 Å². The Morgan fingerprint density at radius 1 is 1.26 bits per heavy atom. The van der Waals surface area contributed by atoms with E-state index < -0.39 is 23.7 Å². The first-order valence-electron chi connectivity index (χ1n) is 8.32. The molecule has 8 nitrogen and oxygen atoms in total. The molecule has 1 unspecified atom stereocenters. The van der Waals surface area contributed by atoms with Crippen LogP contribution in [0, 0.1) is 0 Å². The first-order valence-corrected chi connectivity index (χ1v) is 8.32. The van der Waals surface area contributed by atoms with Crippen molar-refractivity contribution < 1.29 is 24.2 Å². The number of carbonyl (C=O) groups excluding carboxylic acids is 1. The highest BCUT2D eigenvalue weighted by Crippen LogP contribution is 2.27. The second-order valence-electron chi connectivity index (χ2n) is 6.82. The van der Waals surface area contributed by atoms with Crippen molar-refractivity contribution in [1.82, 2.24) is 10.3 Å². The van der Waals surface area contributed by atoms with E-state index in [1.165, 1.54) is 0 Å². The second-order valence-corrected chi connectivity index (χ2v) is 6.82. The van der Waals surface area contributed by atoms with Gasteiger partial charge in [-0.1, -0.05) is 6.07 Å². The summed E-state index contributed by atoms with van der Waals surface area (Å²) in [5.41, 5.74) is 7.15. The lowest BCUT2D eigenvalue weighted by Gasteiger charge is -2.22. The lowest BCUT2D eigenvalue weighted by molar-refractivity contribution is -0.140. The first kappa shape index (κ1) is 20.0. The van der Waals surface area contributed by atoms with Gasteiger partial charge in [0.05, 0.1) is 11.4 Å². The minimum Gasteiger partial charge on any atom is -0.489 e. The minimum atomic E-state index is -1.28. The third-order valence-corrected chi connectivity index (χ3v) is 3.37. The Labute approximate surface area is 157 Å². The van der Waals surface area contributed by atoms with Crippen molar-refractivity contribution in [3.05, 3.63) is 42.6 Å². The number of amides is 1. The molecule has 2 aromatic rings. The number of carbonyl (C=O) groups is 2. The molecule has 27 heavy (non-hydrogen) atoms. The number of nitrogens with one attached hydrogen (secondary N) is 1. The number of hydrogen-bond donors (Lipinski definition) is 3. The maximum Gasteiger partial charge on any atom is 0.408 e. The summed E-state index contributed by atoms with van der Waals surface area (Å²) in [4.78, 5) is 27.4. The molecule has 0 saturated heterocycles. The van der Waals surface area contributed by atoms with Crippen molar-refractivity contribution in [2.45, 2.75) is 32.4 Å². The third kappa shape index (κ3) is 6.18. The molecule has 8 heteroatoms. The van der Waals surface area contributed by atoms with Gasteiger partial charge in [-0.05, 0) is 51.1 Å². The lowest BCUT2D eigenvalue weighted by Crippen LogP contribution is -2.46. The van der Waals surface area contributed by atoms with Crippen LogP contribution >= 0.6 is 0 Å². The number of pyridine rings is 1. The number of carboxylic acids is 1. The molecule has 0 radical (unpaired) electrons. The normalized spacial score (nSPS) is 12.1. The molecule has 1 amide bonds. The highest BCUT2D eigenvalue weighted by Gasteiger charge is 2.24. The van der Waals surface area contributed by atoms with E-state index in [2.05, 4.69) is 10.3 Å². The van der Waals surface area contributed by atoms with E-state index in [1.807, 2.05) is 18.2 Å². The summed E-state index contributed by atoms with van der Waals surface area (Å²) < 4.78 is 10.5. The summed E-state index contributed by atoms with van der Waals surface area (Å²) >= 11 is 0. The largest absolute Gasteiger partial charge is 0.489 e. The number of aromatic nitrogens is 1. The van der Waals surface area contributed by atoms with Gasteiger partial charge >= 0.3 is 12.1 Å². The highest BCUT2D eigenvalue weighted by molar-refractivity contribution is 5.80. The molecule has 2 rings (SSSR count). The lowest BCUT2D eigenvalue weighted by atomic mass is 10.1. The van der Waals surface area contributed by atoms with Crippen molar-refractivity contribution >= 4 is 17.7 Å². The summed E-state index contributed by atoms with van der Waals surface area (Å²) in [6, 6.07) is 9.33. The van der Waals surface area contributed by atoms with Gasteiger partial charge < -0.3 is 25.6 Å². The monoisotopic (exact) mass is 373 g/mol. The summed E-state index contributed by atoms with van der Waals surface area (Å²) in [5, 5.41) is 11.5. The van der Waals surface area contributed by atoms with Gasteiger partial charge in [0.1, 0.15) is 18.0 Å². The highest BCUT2D eigenvalue weighted by atomic mass is 16.6. The molecule has 0 aliphatic heterocycles. The zero-order valence-corrected chi connectivity index (χ0v) is 15.4. The molecule has 0 aliphatic rings. The first-order chi connectivity index (χ1) is 12.7. The summed E-state index contributed by atoms with van der Waals surface area (Å²) in [6.07, 6.45) is 0.840. The standard InChI is InChI=1S/C19H23N3O5/c1-19(2,3)27-18(25)22-15(17(23)24)11-26-16-8-7-12(10-13(16)20)14-6-4-5-9-21-14/h4-10,15H,11,20H2,1-3H3,(H,22,25)(H,23,24). The van der Waals surface area contributed by atoms with Gasteiger partial charge in [-0.25, -0.2) is 9.59 Å². The van der Waals surface area contributed by atoms with Crippen LogP contribution < -0.4 is 15.8 Å². The maximum absolute atomic E-state index is 11.8. The quantitative estimate of drug-likeness (QED) is 0.665. The number of hydrogen-bond acceptors (Lipinski definition) is 6. The average Bonchev–Trinajstić information content (AvgIpc) is 2.58. The smallest absolute Gasteiger partial charge is 0.408 e. The van der Waals surface area contributed by atoms with Gasteiger partial charge in [0.15, 0.2) is 6.04 Å². The molecule has 0 fully saturated rings.